The van der Waals surface area contributed by atoms with Crippen molar-refractivity contribution in [1.82, 2.24) is 0 Å². The highest BCUT2D eigenvalue weighted by molar-refractivity contribution is 9.11. The number of halogens is 1. The Hall–Kier alpha value is 0.140. The highest BCUT2D eigenvalue weighted by atomic mass is 79.9. The molecule has 1 aliphatic rings. The van der Waals surface area contributed by atoms with Crippen molar-refractivity contribution in [2.45, 2.75) is 26.3 Å². The molecule has 1 aromatic rings. The fraction of sp³-hybridized carbons (Fsp3) is 0.600. The molecule has 2 N–H and O–H groups in total. The van der Waals surface area contributed by atoms with Gasteiger partial charge in [0.2, 0.25) is 0 Å². The maximum Gasteiger partial charge on any atom is 0.0731 e. The smallest absolute Gasteiger partial charge is 0.0731 e. The summed E-state index contributed by atoms with van der Waals surface area (Å²) in [6.45, 7) is 4.40. The maximum atomic E-state index is 6.16. The molecule has 0 radical (unpaired) electrons. The van der Waals surface area contributed by atoms with E-state index in [0.29, 0.717) is 0 Å². The van der Waals surface area contributed by atoms with Crippen LogP contribution in [-0.2, 0) is 0 Å². The Balaban J connectivity index is 2.16. The van der Waals surface area contributed by atoms with Crippen molar-refractivity contribution in [3.05, 3.63) is 20.3 Å². The van der Waals surface area contributed by atoms with Gasteiger partial charge in [0.15, 0.2) is 0 Å². The van der Waals surface area contributed by atoms with Gasteiger partial charge in [0, 0.05) is 10.9 Å². The Kier molecular flexibility index (Phi) is 2.51. The highest BCUT2D eigenvalue weighted by Gasteiger charge is 2.38. The number of rotatable bonds is 2. The molecule has 2 rings (SSSR count). The van der Waals surface area contributed by atoms with Crippen molar-refractivity contribution in [2.75, 3.05) is 0 Å². The molecule has 1 saturated carbocycles. The molecule has 3 heteroatoms. The van der Waals surface area contributed by atoms with Crippen LogP contribution in [0.2, 0.25) is 0 Å². The van der Waals surface area contributed by atoms with Crippen LogP contribution in [0.1, 0.15) is 29.8 Å². The van der Waals surface area contributed by atoms with Crippen molar-refractivity contribution >= 4 is 27.3 Å². The van der Waals surface area contributed by atoms with E-state index in [1.165, 1.54) is 20.6 Å². The van der Waals surface area contributed by atoms with Gasteiger partial charge in [0.05, 0.1) is 3.79 Å². The van der Waals surface area contributed by atoms with E-state index >= 15 is 0 Å². The third-order valence-electron chi connectivity index (χ3n) is 2.84. The molecule has 0 aromatic carbocycles. The second-order valence-corrected chi connectivity index (χ2v) is 6.41. The Morgan fingerprint density at radius 1 is 1.69 bits per heavy atom. The van der Waals surface area contributed by atoms with Gasteiger partial charge in [-0.25, -0.2) is 0 Å². The Morgan fingerprint density at radius 2 is 2.31 bits per heavy atom. The van der Waals surface area contributed by atoms with Crippen LogP contribution in [0.15, 0.2) is 9.85 Å². The molecule has 1 aromatic heterocycles. The molecule has 1 fully saturated rings. The molecule has 0 saturated heterocycles. The third kappa shape index (κ3) is 1.83. The monoisotopic (exact) mass is 259 g/mol. The van der Waals surface area contributed by atoms with E-state index in [4.69, 9.17) is 5.73 Å². The molecular weight excluding hydrogens is 246 g/mol. The second kappa shape index (κ2) is 3.37. The Labute approximate surface area is 91.5 Å². The summed E-state index contributed by atoms with van der Waals surface area (Å²) >= 11 is 5.32. The third-order valence-corrected chi connectivity index (χ3v) is 5.08. The fourth-order valence-corrected chi connectivity index (χ4v) is 3.36. The van der Waals surface area contributed by atoms with Crippen molar-refractivity contribution in [3.8, 4) is 0 Å². The van der Waals surface area contributed by atoms with E-state index < -0.39 is 0 Å². The summed E-state index contributed by atoms with van der Waals surface area (Å²) in [5.74, 6) is 1.56. The number of hydrogen-bond acceptors (Lipinski definition) is 2. The first kappa shape index (κ1) is 9.69. The van der Waals surface area contributed by atoms with Crippen molar-refractivity contribution in [1.29, 1.82) is 0 Å². The summed E-state index contributed by atoms with van der Waals surface area (Å²) < 4.78 is 1.23. The average Bonchev–Trinajstić information content (AvgIpc) is 2.70. The summed E-state index contributed by atoms with van der Waals surface area (Å²) in [5, 5.41) is 0. The summed E-state index contributed by atoms with van der Waals surface area (Å²) in [6.07, 6.45) is 1.30. The van der Waals surface area contributed by atoms with Crippen LogP contribution in [-0.4, -0.2) is 0 Å². The van der Waals surface area contributed by atoms with E-state index in [1.54, 1.807) is 11.3 Å². The first-order chi connectivity index (χ1) is 6.09. The van der Waals surface area contributed by atoms with Crippen LogP contribution in [0.3, 0.4) is 0 Å². The zero-order chi connectivity index (χ0) is 9.59. The van der Waals surface area contributed by atoms with Crippen LogP contribution < -0.4 is 5.73 Å². The van der Waals surface area contributed by atoms with Crippen molar-refractivity contribution in [2.24, 2.45) is 17.6 Å². The van der Waals surface area contributed by atoms with E-state index in [2.05, 4.69) is 35.8 Å². The largest absolute Gasteiger partial charge is 0.323 e. The van der Waals surface area contributed by atoms with E-state index in [-0.39, 0.29) is 6.04 Å². The molecular formula is C10H14BrNS. The lowest BCUT2D eigenvalue weighted by Gasteiger charge is -2.06. The minimum atomic E-state index is 0.269. The first-order valence-electron chi connectivity index (χ1n) is 4.61. The summed E-state index contributed by atoms with van der Waals surface area (Å²) in [7, 11) is 0. The van der Waals surface area contributed by atoms with Gasteiger partial charge in [-0.15, -0.1) is 11.3 Å². The SMILES string of the molecule is Cc1cc(C(N)C2CC2C)sc1Br. The molecule has 0 spiro atoms. The molecule has 3 atom stereocenters. The molecule has 72 valence electrons. The Morgan fingerprint density at radius 3 is 2.69 bits per heavy atom. The zero-order valence-electron chi connectivity index (χ0n) is 7.88. The van der Waals surface area contributed by atoms with Gasteiger partial charge in [0.25, 0.3) is 0 Å². The summed E-state index contributed by atoms with van der Waals surface area (Å²) in [5.41, 5.74) is 7.47. The van der Waals surface area contributed by atoms with Crippen LogP contribution in [0.4, 0.5) is 0 Å². The van der Waals surface area contributed by atoms with Crippen LogP contribution in [0.5, 0.6) is 0 Å². The summed E-state index contributed by atoms with van der Waals surface area (Å²) in [4.78, 5) is 1.33. The van der Waals surface area contributed by atoms with Crippen LogP contribution in [0.25, 0.3) is 0 Å². The van der Waals surface area contributed by atoms with Gasteiger partial charge in [-0.05, 0) is 52.7 Å². The number of nitrogens with two attached hydrogens (primary N) is 1. The molecule has 13 heavy (non-hydrogen) atoms. The molecule has 0 amide bonds. The van der Waals surface area contributed by atoms with Gasteiger partial charge in [-0.3, -0.25) is 0 Å². The molecule has 1 nitrogen and oxygen atoms in total. The first-order valence-corrected chi connectivity index (χ1v) is 6.22. The zero-order valence-corrected chi connectivity index (χ0v) is 10.3. The van der Waals surface area contributed by atoms with Gasteiger partial charge in [-0.1, -0.05) is 6.92 Å². The highest BCUT2D eigenvalue weighted by Crippen LogP contribution is 2.47. The minimum Gasteiger partial charge on any atom is -0.323 e. The average molecular weight is 260 g/mol. The molecule has 0 bridgehead atoms. The quantitative estimate of drug-likeness (QED) is 0.865. The van der Waals surface area contributed by atoms with Gasteiger partial charge in [0.1, 0.15) is 0 Å². The van der Waals surface area contributed by atoms with Crippen LogP contribution in [0, 0.1) is 18.8 Å². The lowest BCUT2D eigenvalue weighted by molar-refractivity contribution is 0.602. The number of aryl methyl sites for hydroxylation is 1. The van der Waals surface area contributed by atoms with Crippen LogP contribution >= 0.6 is 27.3 Å². The Bertz CT molecular complexity index is 301. The van der Waals surface area contributed by atoms with Gasteiger partial charge >= 0.3 is 0 Å². The molecule has 1 heterocycles. The predicted octanol–water partition coefficient (Wildman–Crippen LogP) is 3.47. The van der Waals surface area contributed by atoms with E-state index in [0.717, 1.165) is 11.8 Å². The number of thiophene rings is 1. The predicted molar refractivity (Wildman–Crippen MR) is 61.0 cm³/mol. The minimum absolute atomic E-state index is 0.269. The normalized spacial score (nSPS) is 28.9. The topological polar surface area (TPSA) is 26.0 Å². The van der Waals surface area contributed by atoms with E-state index in [1.807, 2.05) is 0 Å². The van der Waals surface area contributed by atoms with E-state index in [9.17, 15) is 0 Å². The van der Waals surface area contributed by atoms with Crippen molar-refractivity contribution < 1.29 is 0 Å². The lowest BCUT2D eigenvalue weighted by Crippen LogP contribution is -2.11. The lowest BCUT2D eigenvalue weighted by atomic mass is 10.1. The summed E-state index contributed by atoms with van der Waals surface area (Å²) in [6, 6.07) is 2.48. The molecule has 3 unspecified atom stereocenters. The molecule has 1 aliphatic carbocycles. The van der Waals surface area contributed by atoms with Gasteiger partial charge in [-0.2, -0.15) is 0 Å². The maximum absolute atomic E-state index is 6.16. The second-order valence-electron chi connectivity index (χ2n) is 4.01. The van der Waals surface area contributed by atoms with Gasteiger partial charge < -0.3 is 5.73 Å². The number of hydrogen-bond donors (Lipinski definition) is 1. The van der Waals surface area contributed by atoms with Crippen molar-refractivity contribution in [3.63, 3.8) is 0 Å². The standard InChI is InChI=1S/C10H14BrNS/c1-5-3-7(5)9(12)8-4-6(2)10(11)13-8/h4-5,7,9H,3,12H2,1-2H3. The fourth-order valence-electron chi connectivity index (χ4n) is 1.71. The molecule has 0 aliphatic heterocycles.